The number of benzene rings is 1. The summed E-state index contributed by atoms with van der Waals surface area (Å²) in [5.41, 5.74) is -0.625. The fourth-order valence-electron chi connectivity index (χ4n) is 2.53. The zero-order chi connectivity index (χ0) is 17.2. The summed E-state index contributed by atoms with van der Waals surface area (Å²) in [6, 6.07) is 10.2. The van der Waals surface area contributed by atoms with Gasteiger partial charge in [-0.1, -0.05) is 17.7 Å². The van der Waals surface area contributed by atoms with Gasteiger partial charge >= 0.3 is 11.8 Å². The fourth-order valence-corrected chi connectivity index (χ4v) is 3.56. The van der Waals surface area contributed by atoms with Gasteiger partial charge in [0.05, 0.1) is 6.54 Å². The van der Waals surface area contributed by atoms with E-state index in [1.807, 2.05) is 17.5 Å². The number of nitrogens with one attached hydrogen (secondary N) is 2. The molecule has 24 heavy (non-hydrogen) atoms. The maximum absolute atomic E-state index is 12.0. The summed E-state index contributed by atoms with van der Waals surface area (Å²) in [6.07, 6.45) is 1.84. The zero-order valence-corrected chi connectivity index (χ0v) is 14.4. The number of amides is 2. The molecule has 0 spiro atoms. The van der Waals surface area contributed by atoms with E-state index in [1.54, 1.807) is 24.3 Å². The van der Waals surface area contributed by atoms with E-state index in [4.69, 9.17) is 11.6 Å². The maximum Gasteiger partial charge on any atom is 0.313 e. The molecular formula is C17H17ClN2O3S. The van der Waals surface area contributed by atoms with Crippen molar-refractivity contribution in [2.24, 2.45) is 5.92 Å². The van der Waals surface area contributed by atoms with Gasteiger partial charge in [-0.25, -0.2) is 0 Å². The molecule has 1 heterocycles. The van der Waals surface area contributed by atoms with E-state index in [2.05, 4.69) is 10.6 Å². The van der Waals surface area contributed by atoms with Crippen molar-refractivity contribution in [3.8, 4) is 0 Å². The summed E-state index contributed by atoms with van der Waals surface area (Å²) >= 11 is 7.22. The van der Waals surface area contributed by atoms with Gasteiger partial charge in [0.1, 0.15) is 5.60 Å². The van der Waals surface area contributed by atoms with Crippen molar-refractivity contribution in [1.29, 1.82) is 0 Å². The topological polar surface area (TPSA) is 78.4 Å². The minimum Gasteiger partial charge on any atom is -0.382 e. The van der Waals surface area contributed by atoms with E-state index in [9.17, 15) is 14.7 Å². The molecule has 0 bridgehead atoms. The Labute approximate surface area is 148 Å². The molecule has 1 aromatic carbocycles. The van der Waals surface area contributed by atoms with Crippen LogP contribution in [-0.4, -0.2) is 23.5 Å². The van der Waals surface area contributed by atoms with Crippen molar-refractivity contribution in [3.05, 3.63) is 51.7 Å². The molecule has 126 valence electrons. The van der Waals surface area contributed by atoms with Gasteiger partial charge in [0, 0.05) is 15.6 Å². The Hall–Kier alpha value is -1.89. The molecule has 0 aliphatic heterocycles. The first-order valence-corrected chi connectivity index (χ1v) is 8.86. The van der Waals surface area contributed by atoms with Crippen molar-refractivity contribution in [3.63, 3.8) is 0 Å². The van der Waals surface area contributed by atoms with Crippen molar-refractivity contribution in [2.75, 3.05) is 11.9 Å². The predicted molar refractivity (Wildman–Crippen MR) is 94.0 cm³/mol. The number of rotatable bonds is 5. The Bertz CT molecular complexity index is 729. The standard InChI is InChI=1S/C17H17ClN2O3S/c18-12-5-7-13(8-6-12)20-16(22)15(21)19-10-17(23,11-3-4-11)14-2-1-9-24-14/h1-2,5-9,11,23H,3-4,10H2,(H,19,21)(H,20,22). The molecule has 3 N–H and O–H groups in total. The van der Waals surface area contributed by atoms with Crippen LogP contribution in [0.2, 0.25) is 5.02 Å². The van der Waals surface area contributed by atoms with E-state index in [0.29, 0.717) is 10.7 Å². The first-order chi connectivity index (χ1) is 11.5. The van der Waals surface area contributed by atoms with Gasteiger partial charge in [-0.15, -0.1) is 11.3 Å². The number of hydrogen-bond acceptors (Lipinski definition) is 4. The van der Waals surface area contributed by atoms with E-state index in [1.165, 1.54) is 11.3 Å². The molecule has 0 saturated heterocycles. The highest BCUT2D eigenvalue weighted by atomic mass is 35.5. The zero-order valence-electron chi connectivity index (χ0n) is 12.8. The number of anilines is 1. The van der Waals surface area contributed by atoms with E-state index < -0.39 is 17.4 Å². The average molecular weight is 365 g/mol. The monoisotopic (exact) mass is 364 g/mol. The van der Waals surface area contributed by atoms with Crippen LogP contribution in [0, 0.1) is 5.92 Å². The number of carbonyl (C=O) groups is 2. The normalized spacial score (nSPS) is 16.2. The Morgan fingerprint density at radius 2 is 1.92 bits per heavy atom. The fraction of sp³-hybridized carbons (Fsp3) is 0.294. The third-order valence-electron chi connectivity index (χ3n) is 4.03. The van der Waals surface area contributed by atoms with Gasteiger partial charge in [0.2, 0.25) is 0 Å². The molecule has 1 unspecified atom stereocenters. The molecule has 3 rings (SSSR count). The molecule has 1 aliphatic rings. The molecule has 7 heteroatoms. The van der Waals surface area contributed by atoms with E-state index >= 15 is 0 Å². The molecule has 2 amide bonds. The van der Waals surface area contributed by atoms with E-state index in [-0.39, 0.29) is 12.5 Å². The number of thiophene rings is 1. The number of aliphatic hydroxyl groups is 1. The molecule has 0 radical (unpaired) electrons. The Morgan fingerprint density at radius 1 is 1.21 bits per heavy atom. The van der Waals surface area contributed by atoms with Crippen LogP contribution in [0.1, 0.15) is 17.7 Å². The average Bonchev–Trinajstić information content (AvgIpc) is 3.29. The molecule has 2 aromatic rings. The second kappa shape index (κ2) is 6.93. The second-order valence-electron chi connectivity index (χ2n) is 5.82. The summed E-state index contributed by atoms with van der Waals surface area (Å²) in [5, 5.41) is 18.4. The van der Waals surface area contributed by atoms with Crippen LogP contribution in [0.3, 0.4) is 0 Å². The summed E-state index contributed by atoms with van der Waals surface area (Å²) in [4.78, 5) is 24.8. The van der Waals surface area contributed by atoms with Gasteiger partial charge in [-0.05, 0) is 54.5 Å². The molecule has 1 saturated carbocycles. The summed E-state index contributed by atoms with van der Waals surface area (Å²) in [6.45, 7) is 0.0189. The first kappa shape index (κ1) is 17.0. The van der Waals surface area contributed by atoms with E-state index in [0.717, 1.165) is 17.7 Å². The van der Waals surface area contributed by atoms with Crippen molar-refractivity contribution < 1.29 is 14.7 Å². The molecular weight excluding hydrogens is 348 g/mol. The van der Waals surface area contributed by atoms with Crippen molar-refractivity contribution >= 4 is 40.4 Å². The molecule has 1 atom stereocenters. The molecule has 1 fully saturated rings. The van der Waals surface area contributed by atoms with Crippen LogP contribution in [-0.2, 0) is 15.2 Å². The summed E-state index contributed by atoms with van der Waals surface area (Å²) in [7, 11) is 0. The van der Waals surface area contributed by atoms with Crippen LogP contribution < -0.4 is 10.6 Å². The third kappa shape index (κ3) is 3.77. The number of halogens is 1. The summed E-state index contributed by atoms with van der Waals surface area (Å²) < 4.78 is 0. The lowest BCUT2D eigenvalue weighted by Crippen LogP contribution is -2.45. The lowest BCUT2D eigenvalue weighted by atomic mass is 9.95. The number of hydrogen-bond donors (Lipinski definition) is 3. The maximum atomic E-state index is 12.0. The number of carbonyl (C=O) groups excluding carboxylic acids is 2. The van der Waals surface area contributed by atoms with Crippen LogP contribution in [0.5, 0.6) is 0 Å². The van der Waals surface area contributed by atoms with Crippen LogP contribution in [0.25, 0.3) is 0 Å². The van der Waals surface area contributed by atoms with Gasteiger partial charge < -0.3 is 15.7 Å². The Kier molecular flexibility index (Phi) is 4.89. The van der Waals surface area contributed by atoms with Crippen LogP contribution in [0.4, 0.5) is 5.69 Å². The SMILES string of the molecule is O=C(NCC(O)(c1cccs1)C1CC1)C(=O)Nc1ccc(Cl)cc1. The smallest absolute Gasteiger partial charge is 0.313 e. The van der Waals surface area contributed by atoms with Crippen LogP contribution >= 0.6 is 22.9 Å². The Balaban J connectivity index is 1.59. The van der Waals surface area contributed by atoms with Crippen LogP contribution in [0.15, 0.2) is 41.8 Å². The second-order valence-corrected chi connectivity index (χ2v) is 7.20. The summed E-state index contributed by atoms with van der Waals surface area (Å²) in [5.74, 6) is -1.43. The van der Waals surface area contributed by atoms with Gasteiger partial charge in [0.15, 0.2) is 0 Å². The molecule has 1 aliphatic carbocycles. The largest absolute Gasteiger partial charge is 0.382 e. The van der Waals surface area contributed by atoms with Gasteiger partial charge in [-0.2, -0.15) is 0 Å². The quantitative estimate of drug-likeness (QED) is 0.714. The van der Waals surface area contributed by atoms with Crippen molar-refractivity contribution in [1.82, 2.24) is 5.32 Å². The van der Waals surface area contributed by atoms with Gasteiger partial charge in [-0.3, -0.25) is 9.59 Å². The van der Waals surface area contributed by atoms with Crippen molar-refractivity contribution in [2.45, 2.75) is 18.4 Å². The lowest BCUT2D eigenvalue weighted by molar-refractivity contribution is -0.137. The minimum atomic E-state index is -1.11. The molecule has 5 nitrogen and oxygen atoms in total. The third-order valence-corrected chi connectivity index (χ3v) is 5.32. The highest BCUT2D eigenvalue weighted by molar-refractivity contribution is 7.10. The lowest BCUT2D eigenvalue weighted by Gasteiger charge is -2.27. The highest BCUT2D eigenvalue weighted by Gasteiger charge is 2.46. The predicted octanol–water partition coefficient (Wildman–Crippen LogP) is 2.75. The van der Waals surface area contributed by atoms with Gasteiger partial charge in [0.25, 0.3) is 0 Å². The highest BCUT2D eigenvalue weighted by Crippen LogP contribution is 2.46. The molecule has 1 aromatic heterocycles. The first-order valence-electron chi connectivity index (χ1n) is 7.60. The minimum absolute atomic E-state index is 0.0189. The Morgan fingerprint density at radius 3 is 2.50 bits per heavy atom.